The highest BCUT2D eigenvalue weighted by molar-refractivity contribution is 9.10. The lowest BCUT2D eigenvalue weighted by molar-refractivity contribution is 0.257. The first-order valence-electron chi connectivity index (χ1n) is 6.58. The van der Waals surface area contributed by atoms with Crippen molar-refractivity contribution in [1.29, 1.82) is 0 Å². The third-order valence-electron chi connectivity index (χ3n) is 3.50. The molecular weight excluding hydrogens is 316 g/mol. The van der Waals surface area contributed by atoms with Crippen molar-refractivity contribution in [3.8, 4) is 0 Å². The number of rotatable bonds is 1. The summed E-state index contributed by atoms with van der Waals surface area (Å²) < 4.78 is 0.901. The molecule has 3 rings (SSSR count). The van der Waals surface area contributed by atoms with E-state index in [0.29, 0.717) is 0 Å². The van der Waals surface area contributed by atoms with Gasteiger partial charge in [0.2, 0.25) is 0 Å². The Hall–Kier alpha value is -1.81. The van der Waals surface area contributed by atoms with E-state index in [1.807, 2.05) is 43.3 Å². The lowest BCUT2D eigenvalue weighted by atomic mass is 10.2. The molecule has 2 aromatic carbocycles. The molecule has 0 spiro atoms. The van der Waals surface area contributed by atoms with E-state index in [1.54, 1.807) is 4.90 Å². The van der Waals surface area contributed by atoms with E-state index in [1.165, 1.54) is 5.56 Å². The van der Waals surface area contributed by atoms with Crippen LogP contribution in [0.1, 0.15) is 11.1 Å². The minimum absolute atomic E-state index is 0.0838. The van der Waals surface area contributed by atoms with Crippen LogP contribution in [0, 0.1) is 6.92 Å². The van der Waals surface area contributed by atoms with E-state index < -0.39 is 0 Å². The summed E-state index contributed by atoms with van der Waals surface area (Å²) in [4.78, 5) is 14.2. The molecule has 0 saturated carbocycles. The maximum Gasteiger partial charge on any atom is 0.326 e. The normalized spacial score (nSPS) is 13.2. The first-order valence-corrected chi connectivity index (χ1v) is 7.37. The number of carbonyl (C=O) groups is 1. The molecule has 0 fully saturated rings. The number of aryl methyl sites for hydroxylation is 1. The average molecular weight is 331 g/mol. The van der Waals surface area contributed by atoms with E-state index >= 15 is 0 Å². The van der Waals surface area contributed by atoms with Gasteiger partial charge in [-0.15, -0.1) is 0 Å². The van der Waals surface area contributed by atoms with Crippen molar-refractivity contribution < 1.29 is 4.79 Å². The molecule has 1 aliphatic rings. The molecule has 0 unspecified atom stereocenters. The summed E-state index contributed by atoms with van der Waals surface area (Å²) in [6, 6.07) is 13.9. The lowest BCUT2D eigenvalue weighted by Crippen LogP contribution is -2.33. The highest BCUT2D eigenvalue weighted by atomic mass is 79.9. The Morgan fingerprint density at radius 1 is 1.25 bits per heavy atom. The monoisotopic (exact) mass is 330 g/mol. The van der Waals surface area contributed by atoms with E-state index in [9.17, 15) is 4.79 Å². The summed E-state index contributed by atoms with van der Waals surface area (Å²) in [5.41, 5.74) is 4.19. The number of benzene rings is 2. The van der Waals surface area contributed by atoms with Crippen molar-refractivity contribution >= 4 is 33.3 Å². The number of carbonyl (C=O) groups excluding carboxylic acids is 1. The second-order valence-corrected chi connectivity index (χ2v) is 5.80. The first-order chi connectivity index (χ1) is 9.65. The van der Waals surface area contributed by atoms with Crippen LogP contribution in [0.3, 0.4) is 0 Å². The summed E-state index contributed by atoms with van der Waals surface area (Å²) in [5.74, 6) is 0. The summed E-state index contributed by atoms with van der Waals surface area (Å²) >= 11 is 3.48. The summed E-state index contributed by atoms with van der Waals surface area (Å²) in [5, 5.41) is 2.96. The number of hydrogen-bond donors (Lipinski definition) is 1. The van der Waals surface area contributed by atoms with Crippen LogP contribution in [0.4, 0.5) is 16.2 Å². The molecule has 0 saturated heterocycles. The van der Waals surface area contributed by atoms with Crippen LogP contribution in [-0.4, -0.2) is 12.6 Å². The van der Waals surface area contributed by atoms with Crippen LogP contribution in [0.15, 0.2) is 46.9 Å². The minimum Gasteiger partial charge on any atom is -0.306 e. The van der Waals surface area contributed by atoms with Gasteiger partial charge in [0.15, 0.2) is 0 Å². The fourth-order valence-corrected chi connectivity index (χ4v) is 3.05. The standard InChI is InChI=1S/C16H15BrN2O/c1-11-6-7-14(13(17)10-11)18-16(20)19-9-8-12-4-2-3-5-15(12)19/h2-7,10H,8-9H2,1H3,(H,18,20). The SMILES string of the molecule is Cc1ccc(NC(=O)N2CCc3ccccc32)c(Br)c1. The molecule has 0 aliphatic carbocycles. The summed E-state index contributed by atoms with van der Waals surface area (Å²) in [6.07, 6.45) is 0.915. The van der Waals surface area contributed by atoms with Gasteiger partial charge < -0.3 is 5.32 Å². The van der Waals surface area contributed by atoms with Gasteiger partial charge >= 0.3 is 6.03 Å². The quantitative estimate of drug-likeness (QED) is 0.828. The maximum absolute atomic E-state index is 12.4. The van der Waals surface area contributed by atoms with E-state index in [0.717, 1.165) is 34.4 Å². The molecule has 3 nitrogen and oxygen atoms in total. The second-order valence-electron chi connectivity index (χ2n) is 4.94. The van der Waals surface area contributed by atoms with Crippen LogP contribution in [0.5, 0.6) is 0 Å². The topological polar surface area (TPSA) is 32.3 Å². The molecule has 1 heterocycles. The van der Waals surface area contributed by atoms with Crippen molar-refractivity contribution in [2.75, 3.05) is 16.8 Å². The van der Waals surface area contributed by atoms with Crippen LogP contribution in [0.25, 0.3) is 0 Å². The van der Waals surface area contributed by atoms with Crippen LogP contribution >= 0.6 is 15.9 Å². The number of urea groups is 1. The van der Waals surface area contributed by atoms with Gasteiger partial charge in [-0.25, -0.2) is 4.79 Å². The van der Waals surface area contributed by atoms with E-state index in [4.69, 9.17) is 0 Å². The Labute approximate surface area is 126 Å². The van der Waals surface area contributed by atoms with Crippen molar-refractivity contribution in [3.05, 3.63) is 58.1 Å². The zero-order chi connectivity index (χ0) is 14.1. The Kier molecular flexibility index (Phi) is 3.49. The van der Waals surface area contributed by atoms with Gasteiger partial charge in [0.05, 0.1) is 5.69 Å². The fourth-order valence-electron chi connectivity index (χ4n) is 2.45. The number of para-hydroxylation sites is 1. The highest BCUT2D eigenvalue weighted by Crippen LogP contribution is 2.29. The Morgan fingerprint density at radius 3 is 2.85 bits per heavy atom. The number of halogens is 1. The summed E-state index contributed by atoms with van der Waals surface area (Å²) in [7, 11) is 0. The predicted octanol–water partition coefficient (Wildman–Crippen LogP) is 4.35. The van der Waals surface area contributed by atoms with Crippen LogP contribution in [-0.2, 0) is 6.42 Å². The van der Waals surface area contributed by atoms with Gasteiger partial charge in [-0.1, -0.05) is 24.3 Å². The maximum atomic E-state index is 12.4. The van der Waals surface area contributed by atoms with Crippen molar-refractivity contribution in [2.24, 2.45) is 0 Å². The molecule has 0 aromatic heterocycles. The van der Waals surface area contributed by atoms with Gasteiger partial charge in [-0.05, 0) is 58.6 Å². The Balaban J connectivity index is 1.81. The van der Waals surface area contributed by atoms with Gasteiger partial charge in [0, 0.05) is 16.7 Å². The minimum atomic E-state index is -0.0838. The number of fused-ring (bicyclic) bond motifs is 1. The summed E-state index contributed by atoms with van der Waals surface area (Å²) in [6.45, 7) is 2.75. The lowest BCUT2D eigenvalue weighted by Gasteiger charge is -2.18. The average Bonchev–Trinajstić information content (AvgIpc) is 2.86. The number of nitrogens with one attached hydrogen (secondary N) is 1. The number of nitrogens with zero attached hydrogens (tertiary/aromatic N) is 1. The molecule has 2 amide bonds. The highest BCUT2D eigenvalue weighted by Gasteiger charge is 2.24. The molecule has 4 heteroatoms. The largest absolute Gasteiger partial charge is 0.326 e. The zero-order valence-electron chi connectivity index (χ0n) is 11.2. The van der Waals surface area contributed by atoms with Crippen molar-refractivity contribution in [2.45, 2.75) is 13.3 Å². The van der Waals surface area contributed by atoms with E-state index in [-0.39, 0.29) is 6.03 Å². The van der Waals surface area contributed by atoms with E-state index in [2.05, 4.69) is 27.3 Å². The Bertz CT molecular complexity index is 669. The molecule has 102 valence electrons. The number of hydrogen-bond acceptors (Lipinski definition) is 1. The molecule has 20 heavy (non-hydrogen) atoms. The van der Waals surface area contributed by atoms with Crippen LogP contribution in [0.2, 0.25) is 0 Å². The number of anilines is 2. The zero-order valence-corrected chi connectivity index (χ0v) is 12.8. The fraction of sp³-hybridized carbons (Fsp3) is 0.188. The molecule has 1 aliphatic heterocycles. The third-order valence-corrected chi connectivity index (χ3v) is 4.15. The first kappa shape index (κ1) is 13.2. The molecule has 1 N–H and O–H groups in total. The van der Waals surface area contributed by atoms with Gasteiger partial charge in [-0.2, -0.15) is 0 Å². The van der Waals surface area contributed by atoms with Gasteiger partial charge in [-0.3, -0.25) is 4.90 Å². The van der Waals surface area contributed by atoms with Gasteiger partial charge in [0.1, 0.15) is 0 Å². The van der Waals surface area contributed by atoms with Crippen molar-refractivity contribution in [1.82, 2.24) is 0 Å². The van der Waals surface area contributed by atoms with Crippen LogP contribution < -0.4 is 10.2 Å². The van der Waals surface area contributed by atoms with Crippen molar-refractivity contribution in [3.63, 3.8) is 0 Å². The predicted molar refractivity (Wildman–Crippen MR) is 85.4 cm³/mol. The van der Waals surface area contributed by atoms with Gasteiger partial charge in [0.25, 0.3) is 0 Å². The molecule has 0 atom stereocenters. The smallest absolute Gasteiger partial charge is 0.306 e. The number of amides is 2. The molecular formula is C16H15BrN2O. The molecule has 0 radical (unpaired) electrons. The Morgan fingerprint density at radius 2 is 2.05 bits per heavy atom. The molecule has 2 aromatic rings. The third kappa shape index (κ3) is 2.43. The second kappa shape index (κ2) is 5.29. The molecule has 0 bridgehead atoms.